The predicted octanol–water partition coefficient (Wildman–Crippen LogP) is 0.343. The zero-order valence-electron chi connectivity index (χ0n) is 6.74. The molecule has 0 spiro atoms. The number of rotatable bonds is 5. The van der Waals surface area contributed by atoms with Crippen molar-refractivity contribution in [3.05, 3.63) is 0 Å². The van der Waals surface area contributed by atoms with E-state index in [0.29, 0.717) is 6.42 Å². The van der Waals surface area contributed by atoms with Crippen molar-refractivity contribution in [2.75, 3.05) is 0 Å². The van der Waals surface area contributed by atoms with Gasteiger partial charge in [-0.2, -0.15) is 0 Å². The van der Waals surface area contributed by atoms with Gasteiger partial charge in [-0.3, -0.25) is 9.59 Å². The summed E-state index contributed by atoms with van der Waals surface area (Å²) < 4.78 is 0. The monoisotopic (exact) mass is 189 g/mol. The quantitative estimate of drug-likeness (QED) is 0.611. The highest BCUT2D eigenvalue weighted by Crippen LogP contribution is 2.08. The van der Waals surface area contributed by atoms with Gasteiger partial charge in [-0.1, -0.05) is 19.1 Å². The molecule has 0 aromatic heterocycles. The van der Waals surface area contributed by atoms with Gasteiger partial charge < -0.3 is 10.8 Å². The van der Waals surface area contributed by atoms with Gasteiger partial charge in [0.25, 0.3) is 0 Å². The highest BCUT2D eigenvalue weighted by Gasteiger charge is 2.21. The fraction of sp³-hybridized carbons (Fsp3) is 0.571. The van der Waals surface area contributed by atoms with Crippen LogP contribution in [-0.4, -0.2) is 21.8 Å². The minimum Gasteiger partial charge on any atom is -0.481 e. The molecule has 0 rings (SSSR count). The van der Waals surface area contributed by atoms with Gasteiger partial charge in [0.2, 0.25) is 5.91 Å². The summed E-state index contributed by atoms with van der Waals surface area (Å²) >= 11 is 4.75. The van der Waals surface area contributed by atoms with Crippen molar-refractivity contribution in [3.8, 4) is 0 Å². The molecule has 0 aromatic carbocycles. The van der Waals surface area contributed by atoms with Gasteiger partial charge >= 0.3 is 5.97 Å². The second kappa shape index (κ2) is 4.82. The molecule has 0 saturated carbocycles. The van der Waals surface area contributed by atoms with Crippen molar-refractivity contribution < 1.29 is 14.7 Å². The first-order chi connectivity index (χ1) is 5.49. The fourth-order valence-electron chi connectivity index (χ4n) is 0.835. The lowest BCUT2D eigenvalue weighted by atomic mass is 10.0. The molecule has 0 aliphatic carbocycles. The van der Waals surface area contributed by atoms with Gasteiger partial charge in [-0.05, 0) is 6.42 Å². The molecule has 0 radical (unpaired) electrons. The summed E-state index contributed by atoms with van der Waals surface area (Å²) in [6.07, 6.45) is 0.265. The van der Waals surface area contributed by atoms with E-state index in [9.17, 15) is 9.59 Å². The van der Waals surface area contributed by atoms with Gasteiger partial charge in [0.05, 0.1) is 12.3 Å². The maximum atomic E-state index is 10.5. The molecule has 1 amide bonds. The van der Waals surface area contributed by atoms with E-state index in [1.165, 1.54) is 0 Å². The Hall–Kier alpha value is -0.970. The SMILES string of the molecule is CCC(C(=O)O)C(=S)CC(N)=O. The number of thiocarbonyl (C=S) groups is 1. The van der Waals surface area contributed by atoms with Crippen LogP contribution in [0.1, 0.15) is 19.8 Å². The molecule has 0 heterocycles. The van der Waals surface area contributed by atoms with Gasteiger partial charge in [0.15, 0.2) is 0 Å². The van der Waals surface area contributed by atoms with Crippen LogP contribution in [0, 0.1) is 5.92 Å². The lowest BCUT2D eigenvalue weighted by Gasteiger charge is -2.08. The summed E-state index contributed by atoms with van der Waals surface area (Å²) in [5.41, 5.74) is 4.87. The summed E-state index contributed by atoms with van der Waals surface area (Å²) in [4.78, 5) is 21.1. The average Bonchev–Trinajstić information content (AvgIpc) is 1.85. The standard InChI is InChI=1S/C7H11NO3S/c1-2-4(7(10)11)5(12)3-6(8)9/h4H,2-3H2,1H3,(H2,8,9)(H,10,11). The van der Waals surface area contributed by atoms with E-state index in [1.54, 1.807) is 6.92 Å². The molecular formula is C7H11NO3S. The molecule has 68 valence electrons. The zero-order valence-corrected chi connectivity index (χ0v) is 7.56. The van der Waals surface area contributed by atoms with E-state index in [2.05, 4.69) is 0 Å². The molecule has 3 N–H and O–H groups in total. The number of amides is 1. The normalized spacial score (nSPS) is 12.1. The van der Waals surface area contributed by atoms with Crippen LogP contribution in [0.15, 0.2) is 0 Å². The topological polar surface area (TPSA) is 80.4 Å². The second-order valence-corrected chi connectivity index (χ2v) is 2.93. The predicted molar refractivity (Wildman–Crippen MR) is 47.8 cm³/mol. The summed E-state index contributed by atoms with van der Waals surface area (Å²) in [6.45, 7) is 1.70. The Kier molecular flexibility index (Phi) is 4.43. The van der Waals surface area contributed by atoms with E-state index >= 15 is 0 Å². The van der Waals surface area contributed by atoms with Gasteiger partial charge in [-0.15, -0.1) is 0 Å². The molecule has 0 aliphatic heterocycles. The molecule has 0 aliphatic rings. The summed E-state index contributed by atoms with van der Waals surface area (Å²) in [6, 6.07) is 0. The van der Waals surface area contributed by atoms with Crippen LogP contribution in [0.25, 0.3) is 0 Å². The van der Waals surface area contributed by atoms with Crippen molar-refractivity contribution in [1.29, 1.82) is 0 Å². The number of aliphatic carboxylic acids is 1. The number of hydrogen-bond donors (Lipinski definition) is 2. The summed E-state index contributed by atoms with van der Waals surface area (Å²) in [5, 5.41) is 8.62. The Morgan fingerprint density at radius 2 is 2.08 bits per heavy atom. The minimum atomic E-state index is -0.997. The molecule has 0 fully saturated rings. The summed E-state index contributed by atoms with van der Waals surface area (Å²) in [5.74, 6) is -2.31. The van der Waals surface area contributed by atoms with E-state index < -0.39 is 17.8 Å². The average molecular weight is 189 g/mol. The molecule has 0 saturated heterocycles. The first kappa shape index (κ1) is 11.0. The number of carbonyl (C=O) groups is 2. The first-order valence-corrected chi connectivity index (χ1v) is 3.93. The van der Waals surface area contributed by atoms with Crippen molar-refractivity contribution in [2.24, 2.45) is 11.7 Å². The van der Waals surface area contributed by atoms with Crippen LogP contribution in [0.4, 0.5) is 0 Å². The molecular weight excluding hydrogens is 178 g/mol. The highest BCUT2D eigenvalue weighted by molar-refractivity contribution is 7.80. The Morgan fingerprint density at radius 3 is 2.33 bits per heavy atom. The van der Waals surface area contributed by atoms with E-state index in [1.807, 2.05) is 0 Å². The van der Waals surface area contributed by atoms with Crippen molar-refractivity contribution in [3.63, 3.8) is 0 Å². The molecule has 0 aromatic rings. The molecule has 1 atom stereocenters. The maximum Gasteiger partial charge on any atom is 0.311 e. The Labute approximate surface area is 75.7 Å². The van der Waals surface area contributed by atoms with Gasteiger partial charge in [0.1, 0.15) is 0 Å². The number of carboxylic acids is 1. The van der Waals surface area contributed by atoms with Crippen LogP contribution < -0.4 is 5.73 Å². The number of carbonyl (C=O) groups excluding carboxylic acids is 1. The number of hydrogen-bond acceptors (Lipinski definition) is 3. The van der Waals surface area contributed by atoms with E-state index in [0.717, 1.165) is 0 Å². The number of primary amides is 1. The third-order valence-electron chi connectivity index (χ3n) is 1.44. The number of nitrogens with two attached hydrogens (primary N) is 1. The lowest BCUT2D eigenvalue weighted by Crippen LogP contribution is -2.26. The van der Waals surface area contributed by atoms with E-state index in [-0.39, 0.29) is 11.3 Å². The maximum absolute atomic E-state index is 10.5. The summed E-state index contributed by atoms with van der Waals surface area (Å²) in [7, 11) is 0. The van der Waals surface area contributed by atoms with Gasteiger partial charge in [-0.25, -0.2) is 0 Å². The van der Waals surface area contributed by atoms with Crippen LogP contribution >= 0.6 is 12.2 Å². The second-order valence-electron chi connectivity index (χ2n) is 2.41. The molecule has 5 heteroatoms. The third kappa shape index (κ3) is 3.43. The minimum absolute atomic E-state index is 0.125. The van der Waals surface area contributed by atoms with Crippen LogP contribution in [0.2, 0.25) is 0 Å². The Bertz CT molecular complexity index is 215. The van der Waals surface area contributed by atoms with Crippen LogP contribution in [0.5, 0.6) is 0 Å². The van der Waals surface area contributed by atoms with Gasteiger partial charge in [0, 0.05) is 4.86 Å². The van der Waals surface area contributed by atoms with E-state index in [4.69, 9.17) is 23.1 Å². The van der Waals surface area contributed by atoms with Crippen LogP contribution in [-0.2, 0) is 9.59 Å². The lowest BCUT2D eigenvalue weighted by molar-refractivity contribution is -0.139. The smallest absolute Gasteiger partial charge is 0.311 e. The molecule has 4 nitrogen and oxygen atoms in total. The molecule has 1 unspecified atom stereocenters. The highest BCUT2D eigenvalue weighted by atomic mass is 32.1. The van der Waals surface area contributed by atoms with Crippen molar-refractivity contribution in [1.82, 2.24) is 0 Å². The zero-order chi connectivity index (χ0) is 9.72. The van der Waals surface area contributed by atoms with Crippen molar-refractivity contribution >= 4 is 29.0 Å². The Morgan fingerprint density at radius 1 is 1.58 bits per heavy atom. The fourth-order valence-corrected chi connectivity index (χ4v) is 1.24. The third-order valence-corrected chi connectivity index (χ3v) is 1.87. The number of carboxylic acid groups (broad SMARTS) is 1. The Balaban J connectivity index is 4.22. The largest absolute Gasteiger partial charge is 0.481 e. The molecule has 12 heavy (non-hydrogen) atoms. The first-order valence-electron chi connectivity index (χ1n) is 3.52. The molecule has 0 bridgehead atoms. The van der Waals surface area contributed by atoms with Crippen molar-refractivity contribution in [2.45, 2.75) is 19.8 Å². The van der Waals surface area contributed by atoms with Crippen LogP contribution in [0.3, 0.4) is 0 Å².